The number of β-amino-alcohol motifs (C(OH)–C–C–N with tert-alkyl or cyclic N) is 1. The van der Waals surface area contributed by atoms with Gasteiger partial charge < -0.3 is 19.5 Å². The third-order valence-corrected chi connectivity index (χ3v) is 4.81. The van der Waals surface area contributed by atoms with Crippen LogP contribution in [-0.4, -0.2) is 72.1 Å². The minimum atomic E-state index is -0.754. The number of nitrogens with zero attached hydrogens (tertiary/aromatic N) is 4. The van der Waals surface area contributed by atoms with Crippen LogP contribution in [-0.2, 0) is 11.3 Å². The molecule has 1 aliphatic heterocycles. The highest BCUT2D eigenvalue weighted by Gasteiger charge is 2.37. The van der Waals surface area contributed by atoms with Gasteiger partial charge in [-0.2, -0.15) is 0 Å². The second-order valence-electron chi connectivity index (χ2n) is 7.31. The summed E-state index contributed by atoms with van der Waals surface area (Å²) in [5.41, 5.74) is 0.431. The Bertz CT molecular complexity index is 713. The Labute approximate surface area is 166 Å². The molecule has 0 spiro atoms. The molecule has 7 heteroatoms. The Hall–Kier alpha value is -2.22. The highest BCUT2D eigenvalue weighted by Crippen LogP contribution is 2.25. The van der Waals surface area contributed by atoms with Crippen LogP contribution in [0.5, 0.6) is 5.75 Å². The summed E-state index contributed by atoms with van der Waals surface area (Å²) in [6.07, 6.45) is 4.17. The van der Waals surface area contributed by atoms with E-state index in [4.69, 9.17) is 9.47 Å². The summed E-state index contributed by atoms with van der Waals surface area (Å²) in [6, 6.07) is 9.89. The predicted molar refractivity (Wildman–Crippen MR) is 109 cm³/mol. The van der Waals surface area contributed by atoms with Gasteiger partial charge >= 0.3 is 0 Å². The van der Waals surface area contributed by atoms with E-state index in [2.05, 4.69) is 27.0 Å². The smallest absolute Gasteiger partial charge is 0.225 e. The lowest BCUT2D eigenvalue weighted by Crippen LogP contribution is -2.43. The van der Waals surface area contributed by atoms with Gasteiger partial charge in [-0.25, -0.2) is 9.97 Å². The van der Waals surface area contributed by atoms with E-state index in [-0.39, 0.29) is 0 Å². The van der Waals surface area contributed by atoms with E-state index in [0.29, 0.717) is 45.3 Å². The molecule has 152 valence electrons. The fourth-order valence-corrected chi connectivity index (χ4v) is 3.53. The standard InChI is InChI=1S/C21H30N4O3/c1-3-27-13-14-28-19-7-5-18(6-8-19)15-24(2)16-21(26)9-12-25(17-21)20-22-10-4-11-23-20/h4-8,10-11,26H,3,9,12-17H2,1-2H3/t21-/m1/s1. The Morgan fingerprint density at radius 3 is 2.64 bits per heavy atom. The third-order valence-electron chi connectivity index (χ3n) is 4.81. The molecule has 2 aromatic rings. The zero-order valence-electron chi connectivity index (χ0n) is 16.8. The molecule has 1 atom stereocenters. The molecule has 1 saturated heterocycles. The molecule has 28 heavy (non-hydrogen) atoms. The zero-order valence-corrected chi connectivity index (χ0v) is 16.8. The lowest BCUT2D eigenvalue weighted by atomic mass is 10.0. The van der Waals surface area contributed by atoms with Gasteiger partial charge in [-0.05, 0) is 44.2 Å². The van der Waals surface area contributed by atoms with E-state index >= 15 is 0 Å². The molecule has 0 amide bonds. The fourth-order valence-electron chi connectivity index (χ4n) is 3.53. The molecule has 0 unspecified atom stereocenters. The fraction of sp³-hybridized carbons (Fsp3) is 0.524. The molecule has 0 saturated carbocycles. The highest BCUT2D eigenvalue weighted by molar-refractivity contribution is 5.32. The van der Waals surface area contributed by atoms with Crippen molar-refractivity contribution >= 4 is 5.95 Å². The number of aromatic nitrogens is 2. The van der Waals surface area contributed by atoms with Crippen LogP contribution in [0.25, 0.3) is 0 Å². The van der Waals surface area contributed by atoms with Crippen LogP contribution < -0.4 is 9.64 Å². The number of ether oxygens (including phenoxy) is 2. The normalized spacial score (nSPS) is 19.4. The highest BCUT2D eigenvalue weighted by atomic mass is 16.5. The molecule has 0 bridgehead atoms. The minimum absolute atomic E-state index is 0.550. The maximum absolute atomic E-state index is 11.0. The Morgan fingerprint density at radius 1 is 1.18 bits per heavy atom. The van der Waals surface area contributed by atoms with Gasteiger partial charge in [0.25, 0.3) is 0 Å². The molecule has 7 nitrogen and oxygen atoms in total. The molecule has 1 fully saturated rings. The van der Waals surface area contributed by atoms with Crippen molar-refractivity contribution in [1.82, 2.24) is 14.9 Å². The first-order valence-electron chi connectivity index (χ1n) is 9.80. The Balaban J connectivity index is 1.46. The monoisotopic (exact) mass is 386 g/mol. The molecule has 1 aliphatic rings. The molecule has 1 aromatic carbocycles. The van der Waals surface area contributed by atoms with Crippen LogP contribution in [0.3, 0.4) is 0 Å². The number of anilines is 1. The number of aliphatic hydroxyl groups is 1. The van der Waals surface area contributed by atoms with Crippen LogP contribution in [0, 0.1) is 0 Å². The molecule has 0 radical (unpaired) electrons. The molecule has 3 rings (SSSR count). The van der Waals surface area contributed by atoms with E-state index in [1.54, 1.807) is 18.5 Å². The van der Waals surface area contributed by atoms with Gasteiger partial charge in [0.2, 0.25) is 5.95 Å². The zero-order chi connectivity index (χ0) is 19.8. The maximum atomic E-state index is 11.0. The first kappa shape index (κ1) is 20.5. The summed E-state index contributed by atoms with van der Waals surface area (Å²) in [6.45, 7) is 6.52. The van der Waals surface area contributed by atoms with Crippen molar-refractivity contribution in [2.24, 2.45) is 0 Å². The van der Waals surface area contributed by atoms with Crippen LogP contribution >= 0.6 is 0 Å². The first-order chi connectivity index (χ1) is 13.6. The molecule has 2 heterocycles. The van der Waals surface area contributed by atoms with Crippen molar-refractivity contribution in [1.29, 1.82) is 0 Å². The summed E-state index contributed by atoms with van der Waals surface area (Å²) in [5.74, 6) is 1.53. The summed E-state index contributed by atoms with van der Waals surface area (Å²) < 4.78 is 10.9. The van der Waals surface area contributed by atoms with E-state index in [0.717, 1.165) is 18.8 Å². The van der Waals surface area contributed by atoms with Gasteiger partial charge in [0, 0.05) is 38.6 Å². The molecule has 1 aromatic heterocycles. The van der Waals surface area contributed by atoms with Gasteiger partial charge in [0.05, 0.1) is 18.8 Å². The van der Waals surface area contributed by atoms with Crippen LogP contribution in [0.1, 0.15) is 18.9 Å². The Kier molecular flexibility index (Phi) is 7.19. The molecule has 0 aliphatic carbocycles. The Morgan fingerprint density at radius 2 is 1.93 bits per heavy atom. The summed E-state index contributed by atoms with van der Waals surface area (Å²) in [7, 11) is 2.03. The van der Waals surface area contributed by atoms with Crippen molar-refractivity contribution < 1.29 is 14.6 Å². The predicted octanol–water partition coefficient (Wildman–Crippen LogP) is 1.97. The van der Waals surface area contributed by atoms with Gasteiger partial charge in [-0.1, -0.05) is 12.1 Å². The number of hydrogen-bond donors (Lipinski definition) is 1. The number of rotatable bonds is 10. The summed E-state index contributed by atoms with van der Waals surface area (Å²) in [5, 5.41) is 11.0. The number of hydrogen-bond acceptors (Lipinski definition) is 7. The lowest BCUT2D eigenvalue weighted by molar-refractivity contribution is 0.0279. The minimum Gasteiger partial charge on any atom is -0.491 e. The average molecular weight is 386 g/mol. The summed E-state index contributed by atoms with van der Waals surface area (Å²) in [4.78, 5) is 12.8. The van der Waals surface area contributed by atoms with Gasteiger partial charge in [-0.15, -0.1) is 0 Å². The van der Waals surface area contributed by atoms with Crippen molar-refractivity contribution in [2.45, 2.75) is 25.5 Å². The van der Waals surface area contributed by atoms with E-state index in [1.807, 2.05) is 31.0 Å². The largest absolute Gasteiger partial charge is 0.491 e. The van der Waals surface area contributed by atoms with Crippen LogP contribution in [0.4, 0.5) is 5.95 Å². The lowest BCUT2D eigenvalue weighted by Gasteiger charge is -2.29. The first-order valence-corrected chi connectivity index (χ1v) is 9.80. The van der Waals surface area contributed by atoms with Gasteiger partial charge in [-0.3, -0.25) is 4.90 Å². The molecule has 1 N–H and O–H groups in total. The van der Waals surface area contributed by atoms with Crippen molar-refractivity contribution in [3.05, 3.63) is 48.3 Å². The van der Waals surface area contributed by atoms with Crippen molar-refractivity contribution in [3.8, 4) is 5.75 Å². The topological polar surface area (TPSA) is 71.0 Å². The van der Waals surface area contributed by atoms with Crippen LogP contribution in [0.2, 0.25) is 0 Å². The van der Waals surface area contributed by atoms with Crippen molar-refractivity contribution in [3.63, 3.8) is 0 Å². The molecular weight excluding hydrogens is 356 g/mol. The van der Waals surface area contributed by atoms with E-state index in [9.17, 15) is 5.11 Å². The van der Waals surface area contributed by atoms with Crippen LogP contribution in [0.15, 0.2) is 42.7 Å². The van der Waals surface area contributed by atoms with Gasteiger partial charge in [0.1, 0.15) is 12.4 Å². The van der Waals surface area contributed by atoms with Gasteiger partial charge in [0.15, 0.2) is 0 Å². The average Bonchev–Trinajstić information content (AvgIpc) is 3.09. The second-order valence-corrected chi connectivity index (χ2v) is 7.31. The van der Waals surface area contributed by atoms with Crippen molar-refractivity contribution in [2.75, 3.05) is 51.4 Å². The quantitative estimate of drug-likeness (QED) is 0.626. The SMILES string of the molecule is CCOCCOc1ccc(CN(C)C[C@]2(O)CCN(c3ncccn3)C2)cc1. The van der Waals surface area contributed by atoms with E-state index in [1.165, 1.54) is 5.56 Å². The third kappa shape index (κ3) is 5.89. The number of likely N-dealkylation sites (N-methyl/N-ethyl adjacent to an activating group) is 1. The number of benzene rings is 1. The summed E-state index contributed by atoms with van der Waals surface area (Å²) >= 11 is 0. The second kappa shape index (κ2) is 9.82. The maximum Gasteiger partial charge on any atom is 0.225 e. The van der Waals surface area contributed by atoms with E-state index < -0.39 is 5.60 Å². The molecular formula is C21H30N4O3.